The second-order valence-corrected chi connectivity index (χ2v) is 5.89. The van der Waals surface area contributed by atoms with Gasteiger partial charge in [-0.05, 0) is 24.3 Å². The minimum Gasteiger partial charge on any atom is -0.493 e. The smallest absolute Gasteiger partial charge is 0.226 e. The zero-order valence-corrected chi connectivity index (χ0v) is 14.7. The van der Waals surface area contributed by atoms with Crippen molar-refractivity contribution in [1.29, 1.82) is 5.41 Å². The summed E-state index contributed by atoms with van der Waals surface area (Å²) in [5, 5.41) is 22.3. The van der Waals surface area contributed by atoms with E-state index in [0.717, 1.165) is 0 Å². The van der Waals surface area contributed by atoms with Crippen LogP contribution in [0.4, 0.5) is 11.6 Å². The first-order valence-electron chi connectivity index (χ1n) is 8.57. The molecule has 0 atom stereocenters. The lowest BCUT2D eigenvalue weighted by atomic mass is 10.0. The van der Waals surface area contributed by atoms with Gasteiger partial charge in [0.05, 0.1) is 5.71 Å². The predicted octanol–water partition coefficient (Wildman–Crippen LogP) is 3.80. The third-order valence-electron chi connectivity index (χ3n) is 4.01. The Labute approximate surface area is 161 Å². The van der Waals surface area contributed by atoms with Crippen LogP contribution in [0.25, 0.3) is 11.5 Å². The molecule has 0 aliphatic heterocycles. The molecule has 0 spiro atoms. The van der Waals surface area contributed by atoms with Crippen LogP contribution < -0.4 is 5.32 Å². The van der Waals surface area contributed by atoms with Crippen molar-refractivity contribution in [1.82, 2.24) is 19.9 Å². The molecule has 0 saturated carbocycles. The number of aromatic hydroxyl groups is 1. The quantitative estimate of drug-likeness (QED) is 0.463. The summed E-state index contributed by atoms with van der Waals surface area (Å²) >= 11 is 0. The topological polar surface area (TPSA) is 108 Å². The summed E-state index contributed by atoms with van der Waals surface area (Å²) in [6.45, 7) is 0. The fourth-order valence-corrected chi connectivity index (χ4v) is 2.69. The minimum absolute atomic E-state index is 0.101. The maximum Gasteiger partial charge on any atom is 0.226 e. The maximum atomic E-state index is 10.7. The fourth-order valence-electron chi connectivity index (χ4n) is 2.69. The highest BCUT2D eigenvalue weighted by atomic mass is 16.3. The van der Waals surface area contributed by atoms with Crippen molar-refractivity contribution in [3.63, 3.8) is 0 Å². The normalized spacial score (nSPS) is 10.4. The molecule has 3 heterocycles. The molecule has 28 heavy (non-hydrogen) atoms. The molecule has 7 nitrogen and oxygen atoms in total. The number of benzene rings is 1. The molecule has 7 heteroatoms. The summed E-state index contributed by atoms with van der Waals surface area (Å²) in [6.07, 6.45) is 3.27. The Morgan fingerprint density at radius 1 is 0.821 bits per heavy atom. The lowest BCUT2D eigenvalue weighted by molar-refractivity contribution is 0.452. The number of nitrogens with zero attached hydrogens (tertiary/aromatic N) is 4. The van der Waals surface area contributed by atoms with Crippen LogP contribution in [0.15, 0.2) is 79.1 Å². The van der Waals surface area contributed by atoms with Gasteiger partial charge in [-0.15, -0.1) is 0 Å². The van der Waals surface area contributed by atoms with Gasteiger partial charge in [0.15, 0.2) is 5.82 Å². The molecule has 3 aromatic heterocycles. The van der Waals surface area contributed by atoms with Gasteiger partial charge in [-0.2, -0.15) is 4.98 Å². The minimum atomic E-state index is -0.303. The number of rotatable bonds is 5. The van der Waals surface area contributed by atoms with Gasteiger partial charge in [-0.25, -0.2) is 9.97 Å². The Kier molecular flexibility index (Phi) is 4.71. The van der Waals surface area contributed by atoms with Crippen molar-refractivity contribution in [3.8, 4) is 17.4 Å². The van der Waals surface area contributed by atoms with Crippen molar-refractivity contribution in [2.75, 3.05) is 5.32 Å². The average Bonchev–Trinajstić information content (AvgIpc) is 2.75. The Morgan fingerprint density at radius 2 is 1.54 bits per heavy atom. The van der Waals surface area contributed by atoms with Crippen molar-refractivity contribution in [2.45, 2.75) is 0 Å². The zero-order valence-electron chi connectivity index (χ0n) is 14.7. The molecule has 4 aromatic rings. The molecule has 0 radical (unpaired) electrons. The lowest BCUT2D eigenvalue weighted by Crippen LogP contribution is -2.10. The summed E-state index contributed by atoms with van der Waals surface area (Å²) < 4.78 is 0. The summed E-state index contributed by atoms with van der Waals surface area (Å²) in [5.74, 6) is 0.763. The number of anilines is 2. The predicted molar refractivity (Wildman–Crippen MR) is 107 cm³/mol. The number of hydrogen-bond acceptors (Lipinski definition) is 7. The number of aromatic nitrogens is 4. The summed E-state index contributed by atoms with van der Waals surface area (Å²) in [6, 6.07) is 19.9. The molecule has 0 bridgehead atoms. The highest BCUT2D eigenvalue weighted by Crippen LogP contribution is 2.29. The van der Waals surface area contributed by atoms with Gasteiger partial charge >= 0.3 is 0 Å². The largest absolute Gasteiger partial charge is 0.493 e. The van der Waals surface area contributed by atoms with Gasteiger partial charge in [-0.1, -0.05) is 42.5 Å². The van der Waals surface area contributed by atoms with Crippen molar-refractivity contribution in [3.05, 3.63) is 90.3 Å². The van der Waals surface area contributed by atoms with Gasteiger partial charge in [0, 0.05) is 18.0 Å². The molecule has 0 amide bonds. The first-order chi connectivity index (χ1) is 13.7. The number of pyridine rings is 2. The van der Waals surface area contributed by atoms with E-state index in [2.05, 4.69) is 25.3 Å². The standard InChI is InChI=1S/C21H16N6O/c22-18(14-8-2-1-3-9-14)17-20(25-16-11-5-7-13-24-16)26-19(27-21(17)28)15-10-4-6-12-23-15/h1-13,22H,(H2,24,25,26,27,28). The molecule has 136 valence electrons. The van der Waals surface area contributed by atoms with Crippen LogP contribution in [0.2, 0.25) is 0 Å². The Balaban J connectivity index is 1.85. The zero-order chi connectivity index (χ0) is 19.3. The van der Waals surface area contributed by atoms with E-state index < -0.39 is 0 Å². The van der Waals surface area contributed by atoms with Crippen LogP contribution in [-0.2, 0) is 0 Å². The van der Waals surface area contributed by atoms with Crippen LogP contribution in [-0.4, -0.2) is 30.8 Å². The highest BCUT2D eigenvalue weighted by molar-refractivity contribution is 6.15. The van der Waals surface area contributed by atoms with Gasteiger partial charge in [-0.3, -0.25) is 10.4 Å². The van der Waals surface area contributed by atoms with E-state index in [0.29, 0.717) is 17.1 Å². The SMILES string of the molecule is N=C(c1ccccc1)c1c(O)nc(-c2ccccn2)nc1Nc1ccccn1. The molecule has 4 rings (SSSR count). The second-order valence-electron chi connectivity index (χ2n) is 5.89. The van der Waals surface area contributed by atoms with Crippen molar-refractivity contribution < 1.29 is 5.11 Å². The molecule has 0 fully saturated rings. The van der Waals surface area contributed by atoms with E-state index in [4.69, 9.17) is 5.41 Å². The van der Waals surface area contributed by atoms with E-state index in [9.17, 15) is 5.11 Å². The van der Waals surface area contributed by atoms with E-state index in [1.807, 2.05) is 30.3 Å². The van der Waals surface area contributed by atoms with Gasteiger partial charge in [0.25, 0.3) is 0 Å². The van der Waals surface area contributed by atoms with Crippen LogP contribution in [0.5, 0.6) is 5.88 Å². The molecule has 0 aliphatic rings. The number of hydrogen-bond donors (Lipinski definition) is 3. The van der Waals surface area contributed by atoms with Gasteiger partial charge < -0.3 is 10.4 Å². The molecule has 0 saturated heterocycles. The van der Waals surface area contributed by atoms with E-state index in [-0.39, 0.29) is 28.8 Å². The molecule has 1 aromatic carbocycles. The number of nitrogens with one attached hydrogen (secondary N) is 2. The molecule has 0 unspecified atom stereocenters. The Morgan fingerprint density at radius 3 is 2.21 bits per heavy atom. The molecular weight excluding hydrogens is 352 g/mol. The Hall–Kier alpha value is -4.13. The monoisotopic (exact) mass is 368 g/mol. The first-order valence-corrected chi connectivity index (χ1v) is 8.57. The van der Waals surface area contributed by atoms with Crippen LogP contribution in [0, 0.1) is 5.41 Å². The van der Waals surface area contributed by atoms with Crippen molar-refractivity contribution >= 4 is 17.3 Å². The maximum absolute atomic E-state index is 10.7. The highest BCUT2D eigenvalue weighted by Gasteiger charge is 2.21. The molecular formula is C21H16N6O. The van der Waals surface area contributed by atoms with E-state index in [1.165, 1.54) is 0 Å². The third kappa shape index (κ3) is 3.54. The molecule has 0 aliphatic carbocycles. The summed E-state index contributed by atoms with van der Waals surface area (Å²) in [4.78, 5) is 17.2. The fraction of sp³-hybridized carbons (Fsp3) is 0. The van der Waals surface area contributed by atoms with Crippen molar-refractivity contribution in [2.24, 2.45) is 0 Å². The van der Waals surface area contributed by atoms with Crippen LogP contribution >= 0.6 is 0 Å². The van der Waals surface area contributed by atoms with Crippen LogP contribution in [0.1, 0.15) is 11.1 Å². The van der Waals surface area contributed by atoms with E-state index in [1.54, 1.807) is 48.8 Å². The molecule has 3 N–H and O–H groups in total. The Bertz CT molecular complexity index is 1100. The summed E-state index contributed by atoms with van der Waals surface area (Å²) in [7, 11) is 0. The first kappa shape index (κ1) is 17.3. The van der Waals surface area contributed by atoms with Gasteiger partial charge in [0.1, 0.15) is 22.9 Å². The van der Waals surface area contributed by atoms with E-state index >= 15 is 0 Å². The van der Waals surface area contributed by atoms with Gasteiger partial charge in [0.2, 0.25) is 5.88 Å². The van der Waals surface area contributed by atoms with Crippen LogP contribution in [0.3, 0.4) is 0 Å². The second kappa shape index (κ2) is 7.63. The summed E-state index contributed by atoms with van der Waals surface area (Å²) in [5.41, 5.74) is 1.44. The average molecular weight is 368 g/mol. The lowest BCUT2D eigenvalue weighted by Gasteiger charge is -2.14. The third-order valence-corrected chi connectivity index (χ3v) is 4.01.